The first-order valence-corrected chi connectivity index (χ1v) is 7.91. The van der Waals surface area contributed by atoms with Crippen LogP contribution in [0.4, 0.5) is 0 Å². The second-order valence-corrected chi connectivity index (χ2v) is 7.02. The summed E-state index contributed by atoms with van der Waals surface area (Å²) in [6.07, 6.45) is 3.57. The lowest BCUT2D eigenvalue weighted by Crippen LogP contribution is -2.41. The molecule has 1 aromatic heterocycles. The molecule has 0 bridgehead atoms. The Morgan fingerprint density at radius 2 is 1.91 bits per heavy atom. The lowest BCUT2D eigenvalue weighted by Gasteiger charge is -2.32. The Balaban J connectivity index is 2.28. The number of carbonyl (C=O) groups excluding carboxylic acids is 1. The van der Waals surface area contributed by atoms with Crippen LogP contribution in [-0.2, 0) is 14.1 Å². The van der Waals surface area contributed by atoms with Gasteiger partial charge < -0.3 is 14.6 Å². The van der Waals surface area contributed by atoms with Crippen molar-refractivity contribution in [3.63, 3.8) is 0 Å². The second-order valence-electron chi connectivity index (χ2n) is 6.63. The van der Waals surface area contributed by atoms with E-state index in [1.807, 2.05) is 39.8 Å². The van der Waals surface area contributed by atoms with Gasteiger partial charge in [0, 0.05) is 19.7 Å². The summed E-state index contributed by atoms with van der Waals surface area (Å²) >= 11 is 5.81. The van der Waals surface area contributed by atoms with Gasteiger partial charge in [-0.1, -0.05) is 23.7 Å². The lowest BCUT2D eigenvalue weighted by molar-refractivity contribution is -0.118. The van der Waals surface area contributed by atoms with E-state index in [2.05, 4.69) is 10.3 Å². The molecule has 1 saturated heterocycles. The zero-order valence-corrected chi connectivity index (χ0v) is 14.9. The molecule has 1 amide bonds. The third kappa shape index (κ3) is 4.34. The van der Waals surface area contributed by atoms with Gasteiger partial charge in [0.2, 0.25) is 5.91 Å². The highest BCUT2D eigenvalue weighted by Crippen LogP contribution is 2.38. The average Bonchev–Trinajstić information content (AvgIpc) is 2.65. The van der Waals surface area contributed by atoms with Crippen LogP contribution in [0.3, 0.4) is 0 Å². The molecular weight excluding hydrogens is 314 g/mol. The first-order valence-electron chi connectivity index (χ1n) is 7.53. The van der Waals surface area contributed by atoms with Crippen molar-refractivity contribution >= 4 is 30.7 Å². The number of halogens is 1. The number of amides is 1. The van der Waals surface area contributed by atoms with Crippen LogP contribution in [-0.4, -0.2) is 35.8 Å². The SMILES string of the molecule is CC(=O)NCC(=Cc1ccc(Cl)nc1)B1OC(C)(C)C(C)(C)O1. The minimum Gasteiger partial charge on any atom is -0.400 e. The quantitative estimate of drug-likeness (QED) is 0.678. The van der Waals surface area contributed by atoms with Gasteiger partial charge in [-0.15, -0.1) is 0 Å². The number of hydrogen-bond acceptors (Lipinski definition) is 4. The van der Waals surface area contributed by atoms with Crippen LogP contribution in [0.2, 0.25) is 5.15 Å². The number of hydrogen-bond donors (Lipinski definition) is 1. The van der Waals surface area contributed by atoms with Gasteiger partial charge in [0.15, 0.2) is 0 Å². The van der Waals surface area contributed by atoms with E-state index in [1.54, 1.807) is 12.3 Å². The predicted octanol–water partition coefficient (Wildman–Crippen LogP) is 2.89. The van der Waals surface area contributed by atoms with Crippen LogP contribution in [0.15, 0.2) is 23.8 Å². The van der Waals surface area contributed by atoms with E-state index >= 15 is 0 Å². The van der Waals surface area contributed by atoms with Crippen molar-refractivity contribution in [1.29, 1.82) is 0 Å². The summed E-state index contributed by atoms with van der Waals surface area (Å²) in [6, 6.07) is 3.57. The second kappa shape index (κ2) is 6.63. The molecule has 1 aliphatic rings. The minimum absolute atomic E-state index is 0.110. The molecule has 0 saturated carbocycles. The van der Waals surface area contributed by atoms with Crippen molar-refractivity contribution in [2.24, 2.45) is 0 Å². The van der Waals surface area contributed by atoms with E-state index in [-0.39, 0.29) is 5.91 Å². The molecule has 0 unspecified atom stereocenters. The Hall–Kier alpha value is -1.37. The van der Waals surface area contributed by atoms with Crippen molar-refractivity contribution < 1.29 is 14.1 Å². The maximum Gasteiger partial charge on any atom is 0.492 e. The summed E-state index contributed by atoms with van der Waals surface area (Å²) in [5.41, 5.74) is 0.809. The van der Waals surface area contributed by atoms with E-state index in [1.165, 1.54) is 6.92 Å². The zero-order chi connectivity index (χ0) is 17.3. The Morgan fingerprint density at radius 1 is 1.30 bits per heavy atom. The molecule has 0 radical (unpaired) electrons. The van der Waals surface area contributed by atoms with Crippen molar-refractivity contribution in [2.45, 2.75) is 45.8 Å². The Labute approximate surface area is 142 Å². The normalized spacial score (nSPS) is 19.7. The van der Waals surface area contributed by atoms with E-state index in [4.69, 9.17) is 20.9 Å². The maximum absolute atomic E-state index is 11.3. The summed E-state index contributed by atoms with van der Waals surface area (Å²) in [7, 11) is -0.525. The van der Waals surface area contributed by atoms with Crippen molar-refractivity contribution in [3.8, 4) is 0 Å². The standard InChI is InChI=1S/C16H22BClN2O3/c1-11(21)19-10-13(8-12-6-7-14(18)20-9-12)17-22-15(2,3)16(4,5)23-17/h6-9H,10H2,1-5H3,(H,19,21). The monoisotopic (exact) mass is 336 g/mol. The van der Waals surface area contributed by atoms with Crippen molar-refractivity contribution in [2.75, 3.05) is 6.54 Å². The maximum atomic E-state index is 11.3. The molecule has 2 heterocycles. The third-order valence-electron chi connectivity index (χ3n) is 4.20. The fourth-order valence-corrected chi connectivity index (χ4v) is 2.22. The van der Waals surface area contributed by atoms with Crippen LogP contribution in [0, 0.1) is 0 Å². The number of rotatable bonds is 4. The highest BCUT2D eigenvalue weighted by Gasteiger charge is 2.52. The molecular formula is C16H22BClN2O3. The molecule has 0 aliphatic carbocycles. The van der Waals surface area contributed by atoms with Gasteiger partial charge in [0.1, 0.15) is 5.15 Å². The highest BCUT2D eigenvalue weighted by molar-refractivity contribution is 6.56. The Kier molecular flexibility index (Phi) is 5.18. The van der Waals surface area contributed by atoms with Gasteiger partial charge in [0.05, 0.1) is 11.2 Å². The van der Waals surface area contributed by atoms with Crippen LogP contribution < -0.4 is 5.32 Å². The largest absolute Gasteiger partial charge is 0.492 e. The summed E-state index contributed by atoms with van der Waals surface area (Å²) in [5, 5.41) is 3.23. The number of pyridine rings is 1. The van der Waals surface area contributed by atoms with E-state index in [0.717, 1.165) is 11.0 Å². The highest BCUT2D eigenvalue weighted by atomic mass is 35.5. The molecule has 1 aromatic rings. The summed E-state index contributed by atoms with van der Waals surface area (Å²) in [6.45, 7) is 9.79. The molecule has 7 heteroatoms. The van der Waals surface area contributed by atoms with Gasteiger partial charge in [0.25, 0.3) is 0 Å². The first-order chi connectivity index (χ1) is 10.6. The molecule has 0 atom stereocenters. The van der Waals surface area contributed by atoms with Gasteiger partial charge >= 0.3 is 7.12 Å². The minimum atomic E-state index is -0.525. The van der Waals surface area contributed by atoms with E-state index in [0.29, 0.717) is 11.7 Å². The number of nitrogens with one attached hydrogen (secondary N) is 1. The molecule has 23 heavy (non-hydrogen) atoms. The smallest absolute Gasteiger partial charge is 0.400 e. The molecule has 1 aliphatic heterocycles. The first kappa shape index (κ1) is 18.0. The fourth-order valence-electron chi connectivity index (χ4n) is 2.11. The molecule has 124 valence electrons. The zero-order valence-electron chi connectivity index (χ0n) is 14.1. The van der Waals surface area contributed by atoms with Gasteiger partial charge in [-0.2, -0.15) is 0 Å². The fraction of sp³-hybridized carbons (Fsp3) is 0.500. The van der Waals surface area contributed by atoms with Gasteiger partial charge in [-0.05, 0) is 44.8 Å². The molecule has 1 fully saturated rings. The van der Waals surface area contributed by atoms with Gasteiger partial charge in [-0.25, -0.2) is 4.98 Å². The average molecular weight is 337 g/mol. The molecule has 2 rings (SSSR count). The Morgan fingerprint density at radius 3 is 2.39 bits per heavy atom. The molecule has 1 N–H and O–H groups in total. The van der Waals surface area contributed by atoms with E-state index < -0.39 is 18.3 Å². The van der Waals surface area contributed by atoms with Crippen LogP contribution in [0.1, 0.15) is 40.2 Å². The summed E-state index contributed by atoms with van der Waals surface area (Å²) in [5.74, 6) is -0.110. The lowest BCUT2D eigenvalue weighted by atomic mass is 9.77. The van der Waals surface area contributed by atoms with Crippen molar-refractivity contribution in [1.82, 2.24) is 10.3 Å². The topological polar surface area (TPSA) is 60.5 Å². The number of carbonyl (C=O) groups is 1. The van der Waals surface area contributed by atoms with Crippen LogP contribution in [0.5, 0.6) is 0 Å². The van der Waals surface area contributed by atoms with Crippen molar-refractivity contribution in [3.05, 3.63) is 34.5 Å². The predicted molar refractivity (Wildman–Crippen MR) is 92.0 cm³/mol. The Bertz CT molecular complexity index is 598. The number of aromatic nitrogens is 1. The number of nitrogens with zero attached hydrogens (tertiary/aromatic N) is 1. The van der Waals surface area contributed by atoms with Gasteiger partial charge in [-0.3, -0.25) is 4.79 Å². The molecule has 0 aromatic carbocycles. The van der Waals surface area contributed by atoms with E-state index in [9.17, 15) is 4.79 Å². The molecule has 5 nitrogen and oxygen atoms in total. The van der Waals surface area contributed by atoms with Crippen LogP contribution in [0.25, 0.3) is 6.08 Å². The molecule has 0 spiro atoms. The van der Waals surface area contributed by atoms with Crippen LogP contribution >= 0.6 is 11.6 Å². The summed E-state index contributed by atoms with van der Waals surface area (Å²) < 4.78 is 12.1. The summed E-state index contributed by atoms with van der Waals surface area (Å²) in [4.78, 5) is 15.3. The third-order valence-corrected chi connectivity index (χ3v) is 4.42.